The van der Waals surface area contributed by atoms with E-state index in [0.29, 0.717) is 11.0 Å². The molecule has 0 unspecified atom stereocenters. The normalized spacial score (nSPS) is 10.8. The first kappa shape index (κ1) is 9.45. The number of hydrogen-bond acceptors (Lipinski definition) is 4. The predicted molar refractivity (Wildman–Crippen MR) is 56.3 cm³/mol. The molecule has 0 amide bonds. The topological polar surface area (TPSA) is 101 Å². The van der Waals surface area contributed by atoms with Gasteiger partial charge in [0.1, 0.15) is 5.49 Å². The molecule has 0 aliphatic heterocycles. The van der Waals surface area contributed by atoms with Gasteiger partial charge in [0, 0.05) is 7.05 Å². The van der Waals surface area contributed by atoms with Gasteiger partial charge in [-0.1, -0.05) is 0 Å². The molecule has 4 N–H and O–H groups in total. The molecule has 0 atom stereocenters. The summed E-state index contributed by atoms with van der Waals surface area (Å²) < 4.78 is 1.52. The third-order valence-corrected chi connectivity index (χ3v) is 2.35. The van der Waals surface area contributed by atoms with Crippen molar-refractivity contribution in [1.82, 2.24) is 14.5 Å². The van der Waals surface area contributed by atoms with Crippen LogP contribution in [-0.4, -0.2) is 14.5 Å². The van der Waals surface area contributed by atoms with Crippen LogP contribution in [0.3, 0.4) is 0 Å². The number of aryl methyl sites for hydroxylation is 2. The maximum absolute atomic E-state index is 11.6. The number of aromatic amines is 1. The maximum Gasteiger partial charge on any atom is 0.261 e. The summed E-state index contributed by atoms with van der Waals surface area (Å²) in [6.45, 7) is 1.77. The summed E-state index contributed by atoms with van der Waals surface area (Å²) in [7, 11) is 1.68. The maximum atomic E-state index is 11.6. The highest BCUT2D eigenvalue weighted by Gasteiger charge is 2.07. The lowest BCUT2D eigenvalue weighted by atomic mass is 10.2. The molecule has 0 saturated carbocycles. The third-order valence-electron chi connectivity index (χ3n) is 2.35. The number of pyridine rings is 1. The lowest BCUT2D eigenvalue weighted by Crippen LogP contribution is -2.23. The van der Waals surface area contributed by atoms with Crippen LogP contribution in [0.15, 0.2) is 10.9 Å². The molecule has 0 aliphatic carbocycles. The van der Waals surface area contributed by atoms with Crippen molar-refractivity contribution in [2.24, 2.45) is 7.05 Å². The van der Waals surface area contributed by atoms with Gasteiger partial charge >= 0.3 is 0 Å². The molecular formula is C9H11N5O. The molecule has 0 radical (unpaired) electrons. The van der Waals surface area contributed by atoms with Gasteiger partial charge in [-0.15, -0.1) is 0 Å². The van der Waals surface area contributed by atoms with Crippen LogP contribution in [0.2, 0.25) is 0 Å². The fourth-order valence-corrected chi connectivity index (χ4v) is 1.56. The minimum atomic E-state index is -0.273. The highest BCUT2D eigenvalue weighted by molar-refractivity contribution is 5.78. The minimum absolute atomic E-state index is 0.0631. The second-order valence-corrected chi connectivity index (χ2v) is 3.42. The quantitative estimate of drug-likeness (QED) is 0.547. The number of anilines is 1. The molecule has 2 rings (SSSR count). The summed E-state index contributed by atoms with van der Waals surface area (Å²) in [5, 5.41) is 8.13. The number of aromatic nitrogens is 3. The van der Waals surface area contributed by atoms with Crippen molar-refractivity contribution in [1.29, 1.82) is 5.41 Å². The van der Waals surface area contributed by atoms with Crippen molar-refractivity contribution >= 4 is 17.0 Å². The first-order valence-corrected chi connectivity index (χ1v) is 4.41. The van der Waals surface area contributed by atoms with Gasteiger partial charge in [0.05, 0.1) is 5.39 Å². The van der Waals surface area contributed by atoms with Gasteiger partial charge in [-0.2, -0.15) is 4.98 Å². The van der Waals surface area contributed by atoms with E-state index in [0.717, 1.165) is 5.56 Å². The summed E-state index contributed by atoms with van der Waals surface area (Å²) in [5.74, 6) is 0.0631. The van der Waals surface area contributed by atoms with E-state index in [9.17, 15) is 4.79 Å². The Morgan fingerprint density at radius 2 is 2.27 bits per heavy atom. The molecule has 0 spiro atoms. The van der Waals surface area contributed by atoms with Crippen LogP contribution < -0.4 is 16.8 Å². The van der Waals surface area contributed by atoms with Crippen molar-refractivity contribution in [3.05, 3.63) is 27.5 Å². The molecule has 0 aliphatic rings. The van der Waals surface area contributed by atoms with Crippen molar-refractivity contribution < 1.29 is 0 Å². The Balaban J connectivity index is 3.17. The van der Waals surface area contributed by atoms with Crippen molar-refractivity contribution in [2.75, 3.05) is 5.73 Å². The molecule has 2 aromatic rings. The molecule has 2 aromatic heterocycles. The van der Waals surface area contributed by atoms with Crippen LogP contribution in [0.5, 0.6) is 0 Å². The summed E-state index contributed by atoms with van der Waals surface area (Å²) in [6.07, 6.45) is 0. The van der Waals surface area contributed by atoms with E-state index in [1.54, 1.807) is 20.0 Å². The number of nitrogens with two attached hydrogens (primary N) is 1. The Kier molecular flexibility index (Phi) is 1.85. The van der Waals surface area contributed by atoms with E-state index in [1.165, 1.54) is 4.57 Å². The fraction of sp³-hybridized carbons (Fsp3) is 0.222. The molecule has 2 heterocycles. The van der Waals surface area contributed by atoms with E-state index in [4.69, 9.17) is 11.1 Å². The fourth-order valence-electron chi connectivity index (χ4n) is 1.56. The Bertz CT molecular complexity index is 652. The van der Waals surface area contributed by atoms with Crippen LogP contribution in [0.25, 0.3) is 11.0 Å². The van der Waals surface area contributed by atoms with Gasteiger partial charge < -0.3 is 10.3 Å². The highest BCUT2D eigenvalue weighted by atomic mass is 16.1. The number of fused-ring (bicyclic) bond motifs is 1. The zero-order valence-corrected chi connectivity index (χ0v) is 8.46. The zero-order valence-electron chi connectivity index (χ0n) is 8.46. The van der Waals surface area contributed by atoms with Gasteiger partial charge in [-0.05, 0) is 18.6 Å². The smallest absolute Gasteiger partial charge is 0.261 e. The predicted octanol–water partition coefficient (Wildman–Crippen LogP) is -0.368. The molecular weight excluding hydrogens is 194 g/mol. The van der Waals surface area contributed by atoms with Crippen molar-refractivity contribution in [2.45, 2.75) is 6.92 Å². The second-order valence-electron chi connectivity index (χ2n) is 3.42. The van der Waals surface area contributed by atoms with Gasteiger partial charge in [0.25, 0.3) is 5.56 Å². The summed E-state index contributed by atoms with van der Waals surface area (Å²) in [5.41, 5.74) is 6.62. The Labute approximate surface area is 84.9 Å². The molecule has 0 aromatic carbocycles. The largest absolute Gasteiger partial charge is 0.369 e. The molecule has 15 heavy (non-hydrogen) atoms. The zero-order chi connectivity index (χ0) is 11.2. The molecule has 6 nitrogen and oxygen atoms in total. The number of nitrogens with zero attached hydrogens (tertiary/aromatic N) is 2. The lowest BCUT2D eigenvalue weighted by Gasteiger charge is -2.07. The van der Waals surface area contributed by atoms with E-state index in [2.05, 4.69) is 9.97 Å². The van der Waals surface area contributed by atoms with Crippen molar-refractivity contribution in [3.8, 4) is 0 Å². The summed E-state index contributed by atoms with van der Waals surface area (Å²) >= 11 is 0. The minimum Gasteiger partial charge on any atom is -0.369 e. The van der Waals surface area contributed by atoms with Crippen LogP contribution in [0.4, 0.5) is 5.95 Å². The number of nitrogens with one attached hydrogen (secondary N) is 2. The number of H-pyrrole nitrogens is 1. The molecule has 0 bridgehead atoms. The summed E-state index contributed by atoms with van der Waals surface area (Å²) in [4.78, 5) is 18.1. The van der Waals surface area contributed by atoms with Crippen molar-refractivity contribution in [3.63, 3.8) is 0 Å². The van der Waals surface area contributed by atoms with E-state index >= 15 is 0 Å². The Morgan fingerprint density at radius 3 is 2.93 bits per heavy atom. The number of rotatable bonds is 0. The monoisotopic (exact) mass is 205 g/mol. The molecule has 0 fully saturated rings. The summed E-state index contributed by atoms with van der Waals surface area (Å²) in [6, 6.07) is 1.62. The SMILES string of the molecule is Cc1cc(=N)n(C)c2nc(N)[nH]c(=O)c12. The van der Waals surface area contributed by atoms with Gasteiger partial charge in [-0.3, -0.25) is 15.2 Å². The van der Waals surface area contributed by atoms with E-state index < -0.39 is 0 Å². The number of nitrogen functional groups attached to an aromatic ring is 1. The van der Waals surface area contributed by atoms with Crippen LogP contribution in [0.1, 0.15) is 5.56 Å². The average Bonchev–Trinajstić information content (AvgIpc) is 2.12. The van der Waals surface area contributed by atoms with Gasteiger partial charge in [0.2, 0.25) is 5.95 Å². The number of hydrogen-bond donors (Lipinski definition) is 3. The second kappa shape index (κ2) is 2.94. The molecule has 78 valence electrons. The first-order valence-electron chi connectivity index (χ1n) is 4.41. The molecule has 0 saturated heterocycles. The Hall–Kier alpha value is -2.11. The standard InChI is InChI=1S/C9H11N5O/c1-4-3-5(10)14(2)7-6(4)8(15)13-9(11)12-7/h3,10H,1-2H3,(H3,11,12,13,15). The first-order chi connectivity index (χ1) is 7.00. The lowest BCUT2D eigenvalue weighted by molar-refractivity contribution is 0.836. The van der Waals surface area contributed by atoms with E-state index in [-0.39, 0.29) is 17.0 Å². The average molecular weight is 205 g/mol. The van der Waals surface area contributed by atoms with Crippen LogP contribution >= 0.6 is 0 Å². The molecule has 6 heteroatoms. The van der Waals surface area contributed by atoms with Crippen LogP contribution in [0, 0.1) is 12.3 Å². The van der Waals surface area contributed by atoms with Gasteiger partial charge in [-0.25, -0.2) is 0 Å². The van der Waals surface area contributed by atoms with E-state index in [1.807, 2.05) is 0 Å². The van der Waals surface area contributed by atoms with Crippen LogP contribution in [-0.2, 0) is 7.05 Å². The highest BCUT2D eigenvalue weighted by Crippen LogP contribution is 2.08. The van der Waals surface area contributed by atoms with Gasteiger partial charge in [0.15, 0.2) is 5.65 Å². The third kappa shape index (κ3) is 1.30. The Morgan fingerprint density at radius 1 is 1.60 bits per heavy atom.